The van der Waals surface area contributed by atoms with E-state index in [1.54, 1.807) is 0 Å². The van der Waals surface area contributed by atoms with Crippen LogP contribution < -0.4 is 0 Å². The van der Waals surface area contributed by atoms with E-state index >= 15 is 0 Å². The Bertz CT molecular complexity index is 653. The molecule has 0 nitrogen and oxygen atoms in total. The van der Waals surface area contributed by atoms with Gasteiger partial charge >= 0.3 is 0 Å². The lowest BCUT2D eigenvalue weighted by atomic mass is 10.0. The van der Waals surface area contributed by atoms with Gasteiger partial charge in [0.05, 0.1) is 0 Å². The second-order valence-electron chi connectivity index (χ2n) is 4.42. The predicted molar refractivity (Wildman–Crippen MR) is 77.1 cm³/mol. The lowest BCUT2D eigenvalue weighted by Gasteiger charge is -2.04. The van der Waals surface area contributed by atoms with E-state index in [0.717, 1.165) is 10.6 Å². The molecule has 0 N–H and O–H groups in total. The minimum Gasteiger partial charge on any atom is -0.0843 e. The Morgan fingerprint density at radius 3 is 2.39 bits per heavy atom. The Hall–Kier alpha value is -1.79. The zero-order valence-corrected chi connectivity index (χ0v) is 10.8. The highest BCUT2D eigenvalue weighted by molar-refractivity contribution is 6.30. The van der Waals surface area contributed by atoms with Gasteiger partial charge in [-0.3, -0.25) is 0 Å². The molecule has 0 spiro atoms. The summed E-state index contributed by atoms with van der Waals surface area (Å²) in [4.78, 5) is 0. The van der Waals surface area contributed by atoms with Crippen molar-refractivity contribution in [2.24, 2.45) is 0 Å². The molecule has 1 aromatic rings. The number of aryl methyl sites for hydroxylation is 1. The maximum atomic E-state index is 5.94. The van der Waals surface area contributed by atoms with Gasteiger partial charge in [0.2, 0.25) is 0 Å². The topological polar surface area (TPSA) is 0 Å². The monoisotopic (exact) mass is 251 g/mol. The maximum absolute atomic E-state index is 5.94. The van der Waals surface area contributed by atoms with Gasteiger partial charge in [-0.15, -0.1) is 0 Å². The third-order valence-corrected chi connectivity index (χ3v) is 3.32. The second kappa shape index (κ2) is 4.47. The molecule has 1 heteroatoms. The Kier molecular flexibility index (Phi) is 2.81. The molecular formula is C17H12Cl. The Morgan fingerprint density at radius 1 is 0.889 bits per heavy atom. The van der Waals surface area contributed by atoms with Crippen LogP contribution in [-0.4, -0.2) is 0 Å². The summed E-state index contributed by atoms with van der Waals surface area (Å²) in [7, 11) is 0. The predicted octanol–water partition coefficient (Wildman–Crippen LogP) is 5.22. The van der Waals surface area contributed by atoms with E-state index in [0.29, 0.717) is 0 Å². The first-order valence-corrected chi connectivity index (χ1v) is 6.29. The van der Waals surface area contributed by atoms with E-state index in [9.17, 15) is 0 Å². The maximum Gasteiger partial charge on any atom is 0.0406 e. The average Bonchev–Trinajstić information content (AvgIpc) is 2.61. The van der Waals surface area contributed by atoms with Crippen molar-refractivity contribution in [2.75, 3.05) is 0 Å². The summed E-state index contributed by atoms with van der Waals surface area (Å²) in [6, 6.07) is 21.9. The normalized spacial score (nSPS) is 10.8. The van der Waals surface area contributed by atoms with Gasteiger partial charge in [-0.05, 0) is 52.9 Å². The standard InChI is InChI=1S/C17H12Cl/c1-12-10-14-4-2-3-5-16(17(14)11-12)13-6-8-15(18)9-7-13/h2-9,11H,1H3. The molecule has 1 aromatic carbocycles. The van der Waals surface area contributed by atoms with E-state index < -0.39 is 0 Å². The largest absolute Gasteiger partial charge is 0.0843 e. The molecule has 0 aromatic heterocycles. The van der Waals surface area contributed by atoms with Crippen LogP contribution in [0, 0.1) is 13.0 Å². The SMILES string of the molecule is Cc1[c]c2ccccc(-c3ccc(Cl)cc3)c-2c1. The first-order valence-electron chi connectivity index (χ1n) is 5.92. The first-order chi connectivity index (χ1) is 8.74. The quantitative estimate of drug-likeness (QED) is 0.556. The minimum absolute atomic E-state index is 0.764. The van der Waals surface area contributed by atoms with Crippen molar-refractivity contribution in [3.8, 4) is 22.3 Å². The van der Waals surface area contributed by atoms with Crippen molar-refractivity contribution in [3.05, 3.63) is 71.2 Å². The van der Waals surface area contributed by atoms with E-state index in [4.69, 9.17) is 11.6 Å². The Morgan fingerprint density at radius 2 is 1.61 bits per heavy atom. The van der Waals surface area contributed by atoms with Crippen LogP contribution in [0.15, 0.2) is 54.6 Å². The smallest absolute Gasteiger partial charge is 0.0406 e. The molecule has 0 saturated heterocycles. The van der Waals surface area contributed by atoms with Crippen LogP contribution in [0.25, 0.3) is 22.3 Å². The van der Waals surface area contributed by atoms with Gasteiger partial charge in [-0.2, -0.15) is 0 Å². The molecule has 3 rings (SSSR count). The van der Waals surface area contributed by atoms with Crippen LogP contribution in [0.4, 0.5) is 0 Å². The molecule has 0 amide bonds. The summed E-state index contributed by atoms with van der Waals surface area (Å²) in [5.74, 6) is 0. The van der Waals surface area contributed by atoms with Crippen LogP contribution in [0.1, 0.15) is 5.56 Å². The zero-order valence-electron chi connectivity index (χ0n) is 10.1. The molecule has 0 unspecified atom stereocenters. The van der Waals surface area contributed by atoms with Crippen molar-refractivity contribution in [1.82, 2.24) is 0 Å². The van der Waals surface area contributed by atoms with Crippen LogP contribution in [-0.2, 0) is 0 Å². The first kappa shape index (κ1) is 11.3. The second-order valence-corrected chi connectivity index (χ2v) is 4.85. The van der Waals surface area contributed by atoms with Gasteiger partial charge in [-0.1, -0.05) is 54.1 Å². The summed E-state index contributed by atoms with van der Waals surface area (Å²) in [5, 5.41) is 0.764. The molecule has 0 bridgehead atoms. The highest BCUT2D eigenvalue weighted by atomic mass is 35.5. The molecule has 0 saturated carbocycles. The molecule has 0 fully saturated rings. The summed E-state index contributed by atoms with van der Waals surface area (Å²) < 4.78 is 0. The van der Waals surface area contributed by atoms with Crippen LogP contribution in [0.3, 0.4) is 0 Å². The van der Waals surface area contributed by atoms with Crippen molar-refractivity contribution >= 4 is 11.6 Å². The zero-order chi connectivity index (χ0) is 12.5. The number of fused-ring (bicyclic) bond motifs is 1. The lowest BCUT2D eigenvalue weighted by Crippen LogP contribution is -1.78. The number of hydrogen-bond donors (Lipinski definition) is 0. The van der Waals surface area contributed by atoms with E-state index in [1.807, 2.05) is 12.1 Å². The highest BCUT2D eigenvalue weighted by Gasteiger charge is 2.09. The van der Waals surface area contributed by atoms with Crippen molar-refractivity contribution in [2.45, 2.75) is 6.92 Å². The molecule has 0 atom stereocenters. The number of rotatable bonds is 1. The lowest BCUT2D eigenvalue weighted by molar-refractivity contribution is 1.54. The fourth-order valence-corrected chi connectivity index (χ4v) is 2.36. The molecule has 1 radical (unpaired) electrons. The van der Waals surface area contributed by atoms with Gasteiger partial charge in [0, 0.05) is 5.02 Å². The van der Waals surface area contributed by atoms with Gasteiger partial charge in [0.1, 0.15) is 0 Å². The Balaban J connectivity index is 2.24. The third-order valence-electron chi connectivity index (χ3n) is 3.07. The molecule has 2 aliphatic carbocycles. The van der Waals surface area contributed by atoms with Crippen molar-refractivity contribution < 1.29 is 0 Å². The summed E-state index contributed by atoms with van der Waals surface area (Å²) in [6.07, 6.45) is 0. The van der Waals surface area contributed by atoms with Crippen LogP contribution in [0.2, 0.25) is 5.02 Å². The van der Waals surface area contributed by atoms with Crippen molar-refractivity contribution in [1.29, 1.82) is 0 Å². The highest BCUT2D eigenvalue weighted by Crippen LogP contribution is 2.34. The fraction of sp³-hybridized carbons (Fsp3) is 0.0588. The summed E-state index contributed by atoms with van der Waals surface area (Å²) in [6.45, 7) is 2.08. The molecule has 0 aliphatic heterocycles. The van der Waals surface area contributed by atoms with E-state index in [1.165, 1.54) is 22.3 Å². The van der Waals surface area contributed by atoms with Crippen LogP contribution in [0.5, 0.6) is 0 Å². The average molecular weight is 252 g/mol. The van der Waals surface area contributed by atoms with E-state index in [-0.39, 0.29) is 0 Å². The molecule has 18 heavy (non-hydrogen) atoms. The molecular weight excluding hydrogens is 240 g/mol. The number of halogens is 1. The van der Waals surface area contributed by atoms with E-state index in [2.05, 4.69) is 55.5 Å². The van der Waals surface area contributed by atoms with Crippen LogP contribution >= 0.6 is 11.6 Å². The fourth-order valence-electron chi connectivity index (χ4n) is 2.24. The summed E-state index contributed by atoms with van der Waals surface area (Å²) in [5.41, 5.74) is 5.96. The Labute approximate surface area is 112 Å². The van der Waals surface area contributed by atoms with Crippen molar-refractivity contribution in [3.63, 3.8) is 0 Å². The third kappa shape index (κ3) is 2.00. The van der Waals surface area contributed by atoms with Gasteiger partial charge in [0.15, 0.2) is 0 Å². The summed E-state index contributed by atoms with van der Waals surface area (Å²) >= 11 is 5.94. The van der Waals surface area contributed by atoms with Gasteiger partial charge < -0.3 is 0 Å². The van der Waals surface area contributed by atoms with Gasteiger partial charge in [-0.25, -0.2) is 0 Å². The molecule has 2 aliphatic rings. The molecule has 87 valence electrons. The van der Waals surface area contributed by atoms with Gasteiger partial charge in [0.25, 0.3) is 0 Å². The minimum atomic E-state index is 0.764. The number of hydrogen-bond acceptors (Lipinski definition) is 0. The number of benzene rings is 1. The molecule has 0 heterocycles.